The van der Waals surface area contributed by atoms with Crippen LogP contribution in [0.2, 0.25) is 0 Å². The summed E-state index contributed by atoms with van der Waals surface area (Å²) in [5.41, 5.74) is 3.13. The molecule has 28 heavy (non-hydrogen) atoms. The van der Waals surface area contributed by atoms with E-state index in [1.54, 1.807) is 25.1 Å². The number of sulfonamides is 1. The molecule has 0 aliphatic carbocycles. The highest BCUT2D eigenvalue weighted by molar-refractivity contribution is 7.89. The monoisotopic (exact) mass is 408 g/mol. The molecule has 0 aliphatic rings. The fourth-order valence-corrected chi connectivity index (χ4v) is 3.49. The molecule has 0 atom stereocenters. The number of amides is 1. The molecule has 0 aromatic heterocycles. The number of ether oxygens (including phenoxy) is 3. The largest absolute Gasteiger partial charge is 0.495 e. The fraction of sp³-hybridized carbons (Fsp3) is 0.316. The summed E-state index contributed by atoms with van der Waals surface area (Å²) < 4.78 is 41.0. The van der Waals surface area contributed by atoms with Crippen molar-refractivity contribution in [3.05, 3.63) is 47.5 Å². The third kappa shape index (κ3) is 5.14. The number of carbonyl (C=O) groups excluding carboxylic acids is 1. The van der Waals surface area contributed by atoms with Gasteiger partial charge in [0.05, 0.1) is 20.3 Å². The standard InChI is InChI=1S/C19H24N2O6S/c1-12(2)27-15-9-7-14(11-17(15)26-5)19(22)20-21-28(23,24)18-10-13(3)6-8-16(18)25-4/h6-12,21H,1-5H3,(H,20,22). The molecule has 0 fully saturated rings. The van der Waals surface area contributed by atoms with Crippen molar-refractivity contribution in [3.63, 3.8) is 0 Å². The van der Waals surface area contributed by atoms with Crippen molar-refractivity contribution >= 4 is 15.9 Å². The normalized spacial score (nSPS) is 11.2. The second kappa shape index (κ2) is 8.94. The summed E-state index contributed by atoms with van der Waals surface area (Å²) in [4.78, 5) is 14.4. The maximum Gasteiger partial charge on any atom is 0.266 e. The number of nitrogens with one attached hydrogen (secondary N) is 2. The first-order valence-corrected chi connectivity index (χ1v) is 9.97. The van der Waals surface area contributed by atoms with Crippen molar-refractivity contribution in [1.82, 2.24) is 10.3 Å². The molecule has 1 amide bonds. The number of carbonyl (C=O) groups is 1. The van der Waals surface area contributed by atoms with Gasteiger partial charge >= 0.3 is 0 Å². The number of benzene rings is 2. The number of aryl methyl sites for hydroxylation is 1. The van der Waals surface area contributed by atoms with E-state index in [-0.39, 0.29) is 22.3 Å². The van der Waals surface area contributed by atoms with Crippen LogP contribution in [0.4, 0.5) is 0 Å². The van der Waals surface area contributed by atoms with E-state index in [9.17, 15) is 13.2 Å². The number of hydrogen-bond donors (Lipinski definition) is 2. The summed E-state index contributed by atoms with van der Waals surface area (Å²) in [5.74, 6) is 0.373. The van der Waals surface area contributed by atoms with Gasteiger partial charge in [-0.2, -0.15) is 0 Å². The fourth-order valence-electron chi connectivity index (χ4n) is 2.39. The predicted molar refractivity (Wildman–Crippen MR) is 104 cm³/mol. The number of rotatable bonds is 8. The molecule has 0 spiro atoms. The highest BCUT2D eigenvalue weighted by atomic mass is 32.2. The number of methoxy groups -OCH3 is 2. The van der Waals surface area contributed by atoms with Crippen LogP contribution >= 0.6 is 0 Å². The Balaban J connectivity index is 2.18. The first-order valence-electron chi connectivity index (χ1n) is 8.49. The maximum atomic E-state index is 12.5. The molecule has 0 saturated carbocycles. The van der Waals surface area contributed by atoms with Crippen molar-refractivity contribution < 1.29 is 27.4 Å². The van der Waals surface area contributed by atoms with E-state index in [1.807, 2.05) is 13.8 Å². The van der Waals surface area contributed by atoms with Crippen LogP contribution in [0.15, 0.2) is 41.3 Å². The Morgan fingerprint density at radius 3 is 2.21 bits per heavy atom. The minimum atomic E-state index is -4.03. The van der Waals surface area contributed by atoms with Crippen LogP contribution in [0.5, 0.6) is 17.2 Å². The van der Waals surface area contributed by atoms with Gasteiger partial charge in [-0.3, -0.25) is 10.2 Å². The van der Waals surface area contributed by atoms with Gasteiger partial charge in [-0.15, -0.1) is 4.83 Å². The Bertz CT molecular complexity index is 957. The Kier molecular flexibility index (Phi) is 6.87. The molecule has 0 bridgehead atoms. The van der Waals surface area contributed by atoms with Crippen LogP contribution in [0, 0.1) is 6.92 Å². The molecule has 0 saturated heterocycles. The second-order valence-electron chi connectivity index (χ2n) is 6.25. The van der Waals surface area contributed by atoms with Gasteiger partial charge in [0.1, 0.15) is 10.6 Å². The SMILES string of the molecule is COc1cc(C(=O)NNS(=O)(=O)c2cc(C)ccc2OC)ccc1OC(C)C. The molecule has 8 nitrogen and oxygen atoms in total. The van der Waals surface area contributed by atoms with Gasteiger partial charge in [0.25, 0.3) is 15.9 Å². The zero-order valence-electron chi connectivity index (χ0n) is 16.4. The summed E-state index contributed by atoms with van der Waals surface area (Å²) in [7, 11) is -1.21. The van der Waals surface area contributed by atoms with Crippen molar-refractivity contribution in [1.29, 1.82) is 0 Å². The molecular formula is C19H24N2O6S. The van der Waals surface area contributed by atoms with E-state index in [1.165, 1.54) is 32.4 Å². The molecule has 2 aromatic rings. The Labute approximate surface area is 164 Å². The van der Waals surface area contributed by atoms with E-state index in [4.69, 9.17) is 14.2 Å². The van der Waals surface area contributed by atoms with Crippen molar-refractivity contribution in [2.24, 2.45) is 0 Å². The van der Waals surface area contributed by atoms with Gasteiger partial charge < -0.3 is 14.2 Å². The quantitative estimate of drug-likeness (QED) is 0.651. The molecule has 152 valence electrons. The predicted octanol–water partition coefficient (Wildman–Crippen LogP) is 2.42. The number of hydrazine groups is 1. The van der Waals surface area contributed by atoms with E-state index < -0.39 is 15.9 Å². The molecular weight excluding hydrogens is 384 g/mol. The zero-order valence-corrected chi connectivity index (χ0v) is 17.2. The molecule has 0 unspecified atom stereocenters. The first kappa shape index (κ1) is 21.5. The Morgan fingerprint density at radius 1 is 0.964 bits per heavy atom. The van der Waals surface area contributed by atoms with Crippen LogP contribution in [-0.4, -0.2) is 34.6 Å². The van der Waals surface area contributed by atoms with Gasteiger partial charge in [-0.05, 0) is 56.7 Å². The van der Waals surface area contributed by atoms with Crippen LogP contribution in [0.1, 0.15) is 29.8 Å². The van der Waals surface area contributed by atoms with Crippen molar-refractivity contribution in [2.45, 2.75) is 31.8 Å². The summed E-state index contributed by atoms with van der Waals surface area (Å²) in [5, 5.41) is 0. The van der Waals surface area contributed by atoms with E-state index in [0.29, 0.717) is 11.5 Å². The molecule has 2 aromatic carbocycles. The van der Waals surface area contributed by atoms with Crippen molar-refractivity contribution in [2.75, 3.05) is 14.2 Å². The summed E-state index contributed by atoms with van der Waals surface area (Å²) in [6.45, 7) is 5.49. The molecule has 0 radical (unpaired) electrons. The van der Waals surface area contributed by atoms with Crippen molar-refractivity contribution in [3.8, 4) is 17.2 Å². The first-order chi connectivity index (χ1) is 13.2. The lowest BCUT2D eigenvalue weighted by Crippen LogP contribution is -2.41. The lowest BCUT2D eigenvalue weighted by atomic mass is 10.2. The van der Waals surface area contributed by atoms with E-state index in [2.05, 4.69) is 10.3 Å². The third-order valence-electron chi connectivity index (χ3n) is 3.70. The minimum Gasteiger partial charge on any atom is -0.495 e. The van der Waals surface area contributed by atoms with Crippen LogP contribution in [0.3, 0.4) is 0 Å². The smallest absolute Gasteiger partial charge is 0.266 e. The summed E-state index contributed by atoms with van der Waals surface area (Å²) in [6.07, 6.45) is -0.0651. The lowest BCUT2D eigenvalue weighted by molar-refractivity contribution is 0.0944. The van der Waals surface area contributed by atoms with Gasteiger partial charge in [-0.25, -0.2) is 8.42 Å². The Morgan fingerprint density at radius 2 is 1.61 bits per heavy atom. The van der Waals surface area contributed by atoms with Gasteiger partial charge in [0.2, 0.25) is 0 Å². The lowest BCUT2D eigenvalue weighted by Gasteiger charge is -2.15. The highest BCUT2D eigenvalue weighted by Gasteiger charge is 2.21. The zero-order chi connectivity index (χ0) is 20.9. The van der Waals surface area contributed by atoms with E-state index in [0.717, 1.165) is 5.56 Å². The highest BCUT2D eigenvalue weighted by Crippen LogP contribution is 2.29. The Hall–Kier alpha value is -2.78. The van der Waals surface area contributed by atoms with Crippen LogP contribution < -0.4 is 24.5 Å². The molecule has 0 heterocycles. The van der Waals surface area contributed by atoms with Gasteiger partial charge in [-0.1, -0.05) is 6.07 Å². The second-order valence-corrected chi connectivity index (χ2v) is 7.90. The molecule has 2 rings (SSSR count). The van der Waals surface area contributed by atoms with Crippen LogP contribution in [0.25, 0.3) is 0 Å². The topological polar surface area (TPSA) is 103 Å². The number of hydrogen-bond acceptors (Lipinski definition) is 6. The van der Waals surface area contributed by atoms with Gasteiger partial charge in [0.15, 0.2) is 11.5 Å². The average Bonchev–Trinajstić information content (AvgIpc) is 2.66. The van der Waals surface area contributed by atoms with Gasteiger partial charge in [0, 0.05) is 5.56 Å². The maximum absolute atomic E-state index is 12.5. The third-order valence-corrected chi connectivity index (χ3v) is 4.96. The summed E-state index contributed by atoms with van der Waals surface area (Å²) in [6, 6.07) is 9.29. The minimum absolute atomic E-state index is 0.0651. The molecule has 0 aliphatic heterocycles. The summed E-state index contributed by atoms with van der Waals surface area (Å²) >= 11 is 0. The van der Waals surface area contributed by atoms with E-state index >= 15 is 0 Å². The van der Waals surface area contributed by atoms with Crippen LogP contribution in [-0.2, 0) is 10.0 Å². The molecule has 9 heteroatoms. The average molecular weight is 408 g/mol. The molecule has 2 N–H and O–H groups in total.